The molecule has 0 bridgehead atoms. The second-order valence-electron chi connectivity index (χ2n) is 5.03. The van der Waals surface area contributed by atoms with Gasteiger partial charge in [0.2, 0.25) is 0 Å². The lowest BCUT2D eigenvalue weighted by Crippen LogP contribution is -2.43. The predicted molar refractivity (Wildman–Crippen MR) is 66.6 cm³/mol. The van der Waals surface area contributed by atoms with Gasteiger partial charge >= 0.3 is 11.9 Å². The zero-order valence-corrected chi connectivity index (χ0v) is 10.6. The summed E-state index contributed by atoms with van der Waals surface area (Å²) in [7, 11) is 0. The van der Waals surface area contributed by atoms with Crippen molar-refractivity contribution in [3.8, 4) is 0 Å². The molecule has 3 N–H and O–H groups in total. The Balaban J connectivity index is 2.41. The number of carbonyl (C=O) groups is 2. The van der Waals surface area contributed by atoms with Crippen LogP contribution in [0.3, 0.4) is 0 Å². The molecule has 1 aliphatic rings. The maximum absolute atomic E-state index is 12.9. The first-order chi connectivity index (χ1) is 9.41. The maximum atomic E-state index is 12.9. The minimum atomic E-state index is -1.26. The van der Waals surface area contributed by atoms with Gasteiger partial charge in [0, 0.05) is 5.92 Å². The molecule has 5 nitrogen and oxygen atoms in total. The zero-order valence-electron chi connectivity index (χ0n) is 10.6. The van der Waals surface area contributed by atoms with Gasteiger partial charge in [0.15, 0.2) is 0 Å². The summed E-state index contributed by atoms with van der Waals surface area (Å²) in [6.07, 6.45) is -0.620. The van der Waals surface area contributed by atoms with Crippen LogP contribution in [0.2, 0.25) is 0 Å². The molecule has 0 radical (unpaired) electrons. The molecule has 6 heteroatoms. The van der Waals surface area contributed by atoms with E-state index in [1.54, 1.807) is 0 Å². The molecule has 0 spiro atoms. The average molecular weight is 282 g/mol. The van der Waals surface area contributed by atoms with E-state index in [0.717, 1.165) is 0 Å². The molecule has 0 aliphatic heterocycles. The smallest absolute Gasteiger partial charge is 0.308 e. The molecule has 0 heterocycles. The number of hydrogen-bond donors (Lipinski definition) is 3. The van der Waals surface area contributed by atoms with Gasteiger partial charge in [0.05, 0.1) is 17.9 Å². The molecule has 1 aliphatic carbocycles. The van der Waals surface area contributed by atoms with Crippen molar-refractivity contribution >= 4 is 11.9 Å². The van der Waals surface area contributed by atoms with Crippen molar-refractivity contribution in [1.82, 2.24) is 0 Å². The summed E-state index contributed by atoms with van der Waals surface area (Å²) in [6.45, 7) is 0. The molecule has 20 heavy (non-hydrogen) atoms. The molecule has 1 aromatic rings. The number of aliphatic hydroxyl groups is 1. The summed E-state index contributed by atoms with van der Waals surface area (Å²) in [6, 6.07) is 5.13. The van der Waals surface area contributed by atoms with E-state index in [1.807, 2.05) is 0 Å². The molecular weight excluding hydrogens is 267 g/mol. The lowest BCUT2D eigenvalue weighted by atomic mass is 9.68. The van der Waals surface area contributed by atoms with Crippen molar-refractivity contribution in [2.24, 2.45) is 11.8 Å². The summed E-state index contributed by atoms with van der Waals surface area (Å²) in [4.78, 5) is 22.6. The topological polar surface area (TPSA) is 94.8 Å². The lowest BCUT2D eigenvalue weighted by molar-refractivity contribution is -0.159. The van der Waals surface area contributed by atoms with Gasteiger partial charge in [-0.1, -0.05) is 12.1 Å². The van der Waals surface area contributed by atoms with Crippen LogP contribution in [0.4, 0.5) is 4.39 Å². The van der Waals surface area contributed by atoms with E-state index in [0.29, 0.717) is 5.56 Å². The van der Waals surface area contributed by atoms with Gasteiger partial charge in [0.1, 0.15) is 5.82 Å². The highest BCUT2D eigenvalue weighted by molar-refractivity contribution is 5.81. The zero-order chi connectivity index (χ0) is 14.9. The van der Waals surface area contributed by atoms with E-state index >= 15 is 0 Å². The van der Waals surface area contributed by atoms with Crippen molar-refractivity contribution in [3.63, 3.8) is 0 Å². The van der Waals surface area contributed by atoms with Gasteiger partial charge in [-0.3, -0.25) is 9.59 Å². The van der Waals surface area contributed by atoms with Crippen LogP contribution in [0.5, 0.6) is 0 Å². The predicted octanol–water partition coefficient (Wildman–Crippen LogP) is 1.47. The summed E-state index contributed by atoms with van der Waals surface area (Å²) in [5.41, 5.74) is 0.442. The summed E-state index contributed by atoms with van der Waals surface area (Å²) < 4.78 is 12.9. The van der Waals surface area contributed by atoms with Crippen LogP contribution in [-0.4, -0.2) is 33.4 Å². The van der Waals surface area contributed by atoms with Crippen LogP contribution in [0.1, 0.15) is 24.3 Å². The Hall–Kier alpha value is -1.95. The van der Waals surface area contributed by atoms with Crippen molar-refractivity contribution in [3.05, 3.63) is 35.6 Å². The summed E-state index contributed by atoms with van der Waals surface area (Å²) in [5.74, 6) is -6.03. The normalized spacial score (nSPS) is 29.9. The van der Waals surface area contributed by atoms with Crippen molar-refractivity contribution in [2.45, 2.75) is 24.9 Å². The van der Waals surface area contributed by atoms with Crippen molar-refractivity contribution in [1.29, 1.82) is 0 Å². The summed E-state index contributed by atoms with van der Waals surface area (Å²) in [5, 5.41) is 28.5. The molecule has 1 aromatic carbocycles. The van der Waals surface area contributed by atoms with Gasteiger partial charge in [-0.25, -0.2) is 4.39 Å². The first-order valence-corrected chi connectivity index (χ1v) is 6.31. The third-order valence-electron chi connectivity index (χ3n) is 3.87. The molecule has 0 unspecified atom stereocenters. The molecule has 0 amide bonds. The van der Waals surface area contributed by atoms with Crippen LogP contribution in [0, 0.1) is 17.7 Å². The van der Waals surface area contributed by atoms with Crippen molar-refractivity contribution in [2.75, 3.05) is 0 Å². The Morgan fingerprint density at radius 3 is 2.15 bits per heavy atom. The Bertz CT molecular complexity index is 513. The second kappa shape index (κ2) is 5.58. The van der Waals surface area contributed by atoms with Gasteiger partial charge in [-0.05, 0) is 30.5 Å². The van der Waals surface area contributed by atoms with E-state index < -0.39 is 41.6 Å². The molecule has 0 saturated heterocycles. The minimum absolute atomic E-state index is 0.116. The van der Waals surface area contributed by atoms with E-state index in [2.05, 4.69) is 0 Å². The highest BCUT2D eigenvalue weighted by Crippen LogP contribution is 2.42. The SMILES string of the molecule is O=C(O)[C@H]1[C@H](c2ccc(F)cc2)[C@@H](O)CC[C@@H]1C(=O)O. The maximum Gasteiger partial charge on any atom is 0.308 e. The second-order valence-corrected chi connectivity index (χ2v) is 5.03. The van der Waals surface area contributed by atoms with E-state index in [9.17, 15) is 24.2 Å². The van der Waals surface area contributed by atoms with Gasteiger partial charge < -0.3 is 15.3 Å². The number of rotatable bonds is 3. The molecule has 108 valence electrons. The number of halogens is 1. The first-order valence-electron chi connectivity index (χ1n) is 6.31. The first kappa shape index (κ1) is 14.5. The highest BCUT2D eigenvalue weighted by atomic mass is 19.1. The highest BCUT2D eigenvalue weighted by Gasteiger charge is 2.46. The Kier molecular flexibility index (Phi) is 4.04. The molecule has 2 rings (SSSR count). The molecule has 1 saturated carbocycles. The molecular formula is C14H15FO5. The number of carboxylic acids is 2. The fourth-order valence-electron chi connectivity index (χ4n) is 2.92. The van der Waals surface area contributed by atoms with E-state index in [1.165, 1.54) is 24.3 Å². The fourth-order valence-corrected chi connectivity index (χ4v) is 2.92. The van der Waals surface area contributed by atoms with Crippen molar-refractivity contribution < 1.29 is 29.3 Å². The van der Waals surface area contributed by atoms with E-state index in [4.69, 9.17) is 5.11 Å². The fraction of sp³-hybridized carbons (Fsp3) is 0.429. The Morgan fingerprint density at radius 2 is 1.65 bits per heavy atom. The van der Waals surface area contributed by atoms with Crippen LogP contribution >= 0.6 is 0 Å². The van der Waals surface area contributed by atoms with Crippen LogP contribution in [0.25, 0.3) is 0 Å². The van der Waals surface area contributed by atoms with E-state index in [-0.39, 0.29) is 12.8 Å². The standard InChI is InChI=1S/C14H15FO5/c15-8-3-1-7(2-4-8)11-10(16)6-5-9(13(17)18)12(11)14(19)20/h1-4,9-12,16H,5-6H2,(H,17,18)(H,19,20)/t9-,10-,11+,12+/m0/s1. The summed E-state index contributed by atoms with van der Waals surface area (Å²) >= 11 is 0. The molecule has 1 fully saturated rings. The average Bonchev–Trinajstić information content (AvgIpc) is 2.39. The number of aliphatic hydroxyl groups excluding tert-OH is 1. The Labute approximate surface area is 114 Å². The number of aliphatic carboxylic acids is 2. The Morgan fingerprint density at radius 1 is 1.05 bits per heavy atom. The minimum Gasteiger partial charge on any atom is -0.481 e. The monoisotopic (exact) mass is 282 g/mol. The number of carboxylic acid groups (broad SMARTS) is 2. The number of benzene rings is 1. The molecule has 4 atom stereocenters. The van der Waals surface area contributed by atoms with Crippen LogP contribution in [0.15, 0.2) is 24.3 Å². The van der Waals surface area contributed by atoms with Crippen LogP contribution < -0.4 is 0 Å². The number of hydrogen-bond acceptors (Lipinski definition) is 3. The third kappa shape index (κ3) is 2.65. The molecule has 0 aromatic heterocycles. The quantitative estimate of drug-likeness (QED) is 0.780. The van der Waals surface area contributed by atoms with Gasteiger partial charge in [0.25, 0.3) is 0 Å². The van der Waals surface area contributed by atoms with Gasteiger partial charge in [-0.15, -0.1) is 0 Å². The largest absolute Gasteiger partial charge is 0.481 e. The lowest BCUT2D eigenvalue weighted by Gasteiger charge is -2.37. The van der Waals surface area contributed by atoms with Crippen LogP contribution in [-0.2, 0) is 9.59 Å². The van der Waals surface area contributed by atoms with Gasteiger partial charge in [-0.2, -0.15) is 0 Å². The third-order valence-corrected chi connectivity index (χ3v) is 3.87.